The van der Waals surface area contributed by atoms with Crippen LogP contribution in [0.15, 0.2) is 42.7 Å². The van der Waals surface area contributed by atoms with Crippen molar-refractivity contribution in [2.24, 2.45) is 0 Å². The number of nitrogens with zero attached hydrogens (tertiary/aromatic N) is 1. The van der Waals surface area contributed by atoms with Gasteiger partial charge in [-0.15, -0.1) is 0 Å². The number of aryl methyl sites for hydroxylation is 1. The van der Waals surface area contributed by atoms with Gasteiger partial charge in [0.1, 0.15) is 6.54 Å². The van der Waals surface area contributed by atoms with E-state index in [1.807, 2.05) is 36.0 Å². The molecule has 0 aliphatic heterocycles. The Kier molecular flexibility index (Phi) is 5.28. The van der Waals surface area contributed by atoms with Gasteiger partial charge in [-0.25, -0.2) is 4.79 Å². The number of nitrogens with one attached hydrogen (secondary N) is 1. The zero-order valence-corrected chi connectivity index (χ0v) is 12.8. The Balaban J connectivity index is 1.98. The number of aromatic nitrogens is 1. The first-order valence-electron chi connectivity index (χ1n) is 7.01. The lowest BCUT2D eigenvalue weighted by Crippen LogP contribution is -2.36. The van der Waals surface area contributed by atoms with Crippen LogP contribution in [0.2, 0.25) is 0 Å². The number of hydrogen-bond donors (Lipinski definition) is 1. The average molecular weight is 340 g/mol. The molecule has 1 aromatic carbocycles. The Morgan fingerprint density at radius 3 is 2.50 bits per heavy atom. The maximum Gasteiger partial charge on any atom is 0.405 e. The minimum absolute atomic E-state index is 0.202. The van der Waals surface area contributed by atoms with Gasteiger partial charge < -0.3 is 14.6 Å². The maximum atomic E-state index is 12.0. The van der Waals surface area contributed by atoms with Crippen molar-refractivity contribution in [1.82, 2.24) is 9.88 Å². The number of hydrogen-bond acceptors (Lipinski definition) is 3. The van der Waals surface area contributed by atoms with E-state index in [2.05, 4.69) is 0 Å². The van der Waals surface area contributed by atoms with Crippen molar-refractivity contribution < 1.29 is 27.5 Å². The summed E-state index contributed by atoms with van der Waals surface area (Å²) >= 11 is 0. The predicted octanol–water partition coefficient (Wildman–Crippen LogP) is 2.62. The molecule has 0 fully saturated rings. The number of ether oxygens (including phenoxy) is 1. The van der Waals surface area contributed by atoms with Crippen molar-refractivity contribution in [3.63, 3.8) is 0 Å². The topological polar surface area (TPSA) is 60.3 Å². The number of amides is 1. The largest absolute Gasteiger partial charge is 0.452 e. The molecule has 0 saturated carbocycles. The normalized spacial score (nSPS) is 11.2. The minimum atomic E-state index is -4.51. The van der Waals surface area contributed by atoms with E-state index in [-0.39, 0.29) is 5.56 Å². The second-order valence-corrected chi connectivity index (χ2v) is 5.06. The van der Waals surface area contributed by atoms with Gasteiger partial charge in [-0.3, -0.25) is 4.79 Å². The number of alkyl halides is 3. The Morgan fingerprint density at radius 2 is 1.88 bits per heavy atom. The molecule has 128 valence electrons. The standard InChI is InChI=1S/C16H15F3N2O3/c1-11-4-5-12(8-13(11)21-6-2-3-7-21)15(23)24-9-14(22)20-10-16(17,18)19/h2-8H,9-10H2,1H3,(H,20,22). The summed E-state index contributed by atoms with van der Waals surface area (Å²) in [6.45, 7) is -0.373. The molecule has 0 unspecified atom stereocenters. The van der Waals surface area contributed by atoms with Crippen LogP contribution in [0.25, 0.3) is 5.69 Å². The van der Waals surface area contributed by atoms with Crippen molar-refractivity contribution in [2.45, 2.75) is 13.1 Å². The zero-order valence-electron chi connectivity index (χ0n) is 12.8. The fourth-order valence-corrected chi connectivity index (χ4v) is 1.97. The molecular formula is C16H15F3N2O3. The van der Waals surface area contributed by atoms with E-state index in [0.29, 0.717) is 0 Å². The number of halogens is 3. The molecule has 24 heavy (non-hydrogen) atoms. The maximum absolute atomic E-state index is 12.0. The molecule has 0 saturated heterocycles. The summed E-state index contributed by atoms with van der Waals surface area (Å²) in [5.74, 6) is -1.80. The van der Waals surface area contributed by atoms with E-state index in [9.17, 15) is 22.8 Å². The molecule has 1 N–H and O–H groups in total. The summed E-state index contributed by atoms with van der Waals surface area (Å²) in [5, 5.41) is 1.63. The highest BCUT2D eigenvalue weighted by Gasteiger charge is 2.27. The van der Waals surface area contributed by atoms with Crippen LogP contribution in [0.3, 0.4) is 0 Å². The molecule has 5 nitrogen and oxygen atoms in total. The first-order valence-corrected chi connectivity index (χ1v) is 7.01. The molecule has 2 rings (SSSR count). The third-order valence-corrected chi connectivity index (χ3v) is 3.15. The molecule has 1 heterocycles. The fraction of sp³-hybridized carbons (Fsp3) is 0.250. The highest BCUT2D eigenvalue weighted by Crippen LogP contribution is 2.17. The molecule has 0 radical (unpaired) electrons. The third kappa shape index (κ3) is 4.87. The average Bonchev–Trinajstić information content (AvgIpc) is 3.04. The van der Waals surface area contributed by atoms with Gasteiger partial charge in [-0.2, -0.15) is 13.2 Å². The van der Waals surface area contributed by atoms with Crippen LogP contribution in [0.5, 0.6) is 0 Å². The van der Waals surface area contributed by atoms with Gasteiger partial charge in [-0.05, 0) is 36.8 Å². The van der Waals surface area contributed by atoms with Crippen molar-refractivity contribution in [3.05, 3.63) is 53.9 Å². The van der Waals surface area contributed by atoms with E-state index >= 15 is 0 Å². The van der Waals surface area contributed by atoms with Crippen LogP contribution in [-0.4, -0.2) is 35.8 Å². The lowest BCUT2D eigenvalue weighted by Gasteiger charge is -2.11. The number of benzene rings is 1. The smallest absolute Gasteiger partial charge is 0.405 e. The van der Waals surface area contributed by atoms with E-state index in [0.717, 1.165) is 11.3 Å². The van der Waals surface area contributed by atoms with Crippen molar-refractivity contribution in [2.75, 3.05) is 13.2 Å². The van der Waals surface area contributed by atoms with Gasteiger partial charge in [0.25, 0.3) is 5.91 Å². The molecule has 0 atom stereocenters. The van der Waals surface area contributed by atoms with Crippen molar-refractivity contribution in [3.8, 4) is 5.69 Å². The van der Waals surface area contributed by atoms with Gasteiger partial charge in [0.15, 0.2) is 6.61 Å². The first-order chi connectivity index (χ1) is 11.3. The van der Waals surface area contributed by atoms with Crippen LogP contribution >= 0.6 is 0 Å². The molecule has 0 aliphatic carbocycles. The molecular weight excluding hydrogens is 325 g/mol. The molecule has 1 aromatic heterocycles. The Labute approximate surface area is 136 Å². The first kappa shape index (κ1) is 17.6. The van der Waals surface area contributed by atoms with E-state index in [4.69, 9.17) is 4.74 Å². The van der Waals surface area contributed by atoms with Gasteiger partial charge in [0, 0.05) is 18.1 Å². The van der Waals surface area contributed by atoms with Gasteiger partial charge >= 0.3 is 12.1 Å². The SMILES string of the molecule is Cc1ccc(C(=O)OCC(=O)NCC(F)(F)F)cc1-n1cccc1. The van der Waals surface area contributed by atoms with E-state index < -0.39 is 31.2 Å². The second-order valence-electron chi connectivity index (χ2n) is 5.06. The third-order valence-electron chi connectivity index (χ3n) is 3.15. The molecule has 0 bridgehead atoms. The summed E-state index contributed by atoms with van der Waals surface area (Å²) in [6, 6.07) is 8.49. The summed E-state index contributed by atoms with van der Waals surface area (Å²) in [5.41, 5.74) is 1.88. The second kappa shape index (κ2) is 7.20. The minimum Gasteiger partial charge on any atom is -0.452 e. The Bertz CT molecular complexity index is 725. The molecule has 0 spiro atoms. The molecule has 0 aliphatic rings. The lowest BCUT2D eigenvalue weighted by molar-refractivity contribution is -0.140. The van der Waals surface area contributed by atoms with Gasteiger partial charge in [0.2, 0.25) is 0 Å². The molecule has 1 amide bonds. The van der Waals surface area contributed by atoms with Crippen LogP contribution in [-0.2, 0) is 9.53 Å². The zero-order chi connectivity index (χ0) is 17.7. The van der Waals surface area contributed by atoms with Crippen LogP contribution in [0.1, 0.15) is 15.9 Å². The number of carbonyl (C=O) groups is 2. The quantitative estimate of drug-likeness (QED) is 0.851. The van der Waals surface area contributed by atoms with Crippen molar-refractivity contribution >= 4 is 11.9 Å². The van der Waals surface area contributed by atoms with E-state index in [1.54, 1.807) is 17.4 Å². The summed E-state index contributed by atoms with van der Waals surface area (Å²) in [6.07, 6.45) is -0.896. The number of rotatable bonds is 5. The van der Waals surface area contributed by atoms with Gasteiger partial charge in [0.05, 0.1) is 5.56 Å². The Morgan fingerprint density at radius 1 is 1.21 bits per heavy atom. The highest BCUT2D eigenvalue weighted by molar-refractivity contribution is 5.92. The van der Waals surface area contributed by atoms with Crippen molar-refractivity contribution in [1.29, 1.82) is 0 Å². The van der Waals surface area contributed by atoms with Crippen LogP contribution < -0.4 is 5.32 Å². The predicted molar refractivity (Wildman–Crippen MR) is 79.9 cm³/mol. The summed E-state index contributed by atoms with van der Waals surface area (Å²) < 4.78 is 42.5. The van der Waals surface area contributed by atoms with Gasteiger partial charge in [-0.1, -0.05) is 6.07 Å². The number of carbonyl (C=O) groups excluding carboxylic acids is 2. The molecule has 8 heteroatoms. The summed E-state index contributed by atoms with van der Waals surface area (Å²) in [7, 11) is 0. The lowest BCUT2D eigenvalue weighted by atomic mass is 10.1. The Hall–Kier alpha value is -2.77. The van der Waals surface area contributed by atoms with Crippen LogP contribution in [0.4, 0.5) is 13.2 Å². The number of esters is 1. The van der Waals surface area contributed by atoms with E-state index in [1.165, 1.54) is 6.07 Å². The fourth-order valence-electron chi connectivity index (χ4n) is 1.97. The highest BCUT2D eigenvalue weighted by atomic mass is 19.4. The molecule has 2 aromatic rings. The summed E-state index contributed by atoms with van der Waals surface area (Å²) in [4.78, 5) is 23.2. The monoisotopic (exact) mass is 340 g/mol. The van der Waals surface area contributed by atoms with Crippen LogP contribution in [0, 0.1) is 6.92 Å².